The number of anilines is 2. The summed E-state index contributed by atoms with van der Waals surface area (Å²) in [5, 5.41) is 23.9. The van der Waals surface area contributed by atoms with Crippen molar-refractivity contribution >= 4 is 40.9 Å². The lowest BCUT2D eigenvalue weighted by Crippen LogP contribution is -2.24. The molecule has 152 valence electrons. The Balaban J connectivity index is 1.66. The molecule has 3 rings (SSSR count). The maximum Gasteiger partial charge on any atom is 0.339 e. The molecule has 1 aliphatic rings. The first kappa shape index (κ1) is 20.7. The summed E-state index contributed by atoms with van der Waals surface area (Å²) in [5.74, 6) is -1.76. The molecule has 7 nitrogen and oxygen atoms in total. The van der Waals surface area contributed by atoms with E-state index in [0.29, 0.717) is 17.8 Å². The summed E-state index contributed by atoms with van der Waals surface area (Å²) in [6.45, 7) is 1.88. The number of phenols is 1. The Morgan fingerprint density at radius 1 is 1.10 bits per heavy atom. The van der Waals surface area contributed by atoms with Crippen molar-refractivity contribution in [3.8, 4) is 5.75 Å². The van der Waals surface area contributed by atoms with Crippen molar-refractivity contribution in [1.82, 2.24) is 0 Å². The quantitative estimate of drug-likeness (QED) is 0.384. The lowest BCUT2D eigenvalue weighted by Gasteiger charge is -2.16. The number of hydrogen-bond acceptors (Lipinski definition) is 5. The van der Waals surface area contributed by atoms with Gasteiger partial charge in [0, 0.05) is 22.2 Å². The number of aromatic carboxylic acids is 1. The van der Waals surface area contributed by atoms with Crippen LogP contribution in [0.1, 0.15) is 36.5 Å². The third-order valence-electron chi connectivity index (χ3n) is 4.49. The molecule has 1 aliphatic carbocycles. The molecule has 1 unspecified atom stereocenters. The fourth-order valence-corrected chi connectivity index (χ4v) is 3.74. The molecule has 2 aromatic carbocycles. The maximum absolute atomic E-state index is 12.7. The molecule has 2 amide bonds. The highest BCUT2D eigenvalue weighted by molar-refractivity contribution is 8.00. The van der Waals surface area contributed by atoms with E-state index in [1.807, 2.05) is 31.2 Å². The number of carbonyl (C=O) groups excluding carboxylic acids is 2. The van der Waals surface area contributed by atoms with Crippen LogP contribution in [0, 0.1) is 5.92 Å². The first-order valence-corrected chi connectivity index (χ1v) is 10.2. The fraction of sp³-hybridized carbons (Fsp3) is 0.286. The SMILES string of the molecule is CCC(Sc1cccc(NC(=O)C2CC2)c1)C(=O)Nc1ccc(O)c(C(=O)O)c1. The van der Waals surface area contributed by atoms with E-state index in [1.165, 1.54) is 30.0 Å². The highest BCUT2D eigenvalue weighted by atomic mass is 32.2. The van der Waals surface area contributed by atoms with Crippen LogP contribution in [-0.2, 0) is 9.59 Å². The highest BCUT2D eigenvalue weighted by Crippen LogP contribution is 2.32. The van der Waals surface area contributed by atoms with Crippen LogP contribution in [0.2, 0.25) is 0 Å². The minimum absolute atomic E-state index is 0.0264. The summed E-state index contributed by atoms with van der Waals surface area (Å²) in [4.78, 5) is 36.6. The Labute approximate surface area is 172 Å². The van der Waals surface area contributed by atoms with E-state index in [2.05, 4.69) is 10.6 Å². The number of benzene rings is 2. The Morgan fingerprint density at radius 3 is 2.48 bits per heavy atom. The number of carboxylic acid groups (broad SMARTS) is 1. The van der Waals surface area contributed by atoms with Crippen molar-refractivity contribution in [2.75, 3.05) is 10.6 Å². The average Bonchev–Trinajstić information content (AvgIpc) is 3.53. The van der Waals surface area contributed by atoms with Crippen molar-refractivity contribution in [3.05, 3.63) is 48.0 Å². The number of carbonyl (C=O) groups is 3. The van der Waals surface area contributed by atoms with Crippen LogP contribution in [-0.4, -0.2) is 33.2 Å². The largest absolute Gasteiger partial charge is 0.507 e. The van der Waals surface area contributed by atoms with Crippen molar-refractivity contribution < 1.29 is 24.6 Å². The standard InChI is InChI=1S/C21H22N2O5S/c1-2-18(20(26)23-14-8-9-17(24)16(11-14)21(27)28)29-15-5-3-4-13(10-15)22-19(25)12-6-7-12/h3-5,8-12,18,24H,2,6-7H2,1H3,(H,22,25)(H,23,26)(H,27,28). The first-order chi connectivity index (χ1) is 13.9. The van der Waals surface area contributed by atoms with Crippen LogP contribution in [0.15, 0.2) is 47.4 Å². The van der Waals surface area contributed by atoms with E-state index in [1.54, 1.807) is 0 Å². The van der Waals surface area contributed by atoms with Gasteiger partial charge in [-0.1, -0.05) is 13.0 Å². The van der Waals surface area contributed by atoms with Gasteiger partial charge in [0.2, 0.25) is 11.8 Å². The zero-order valence-corrected chi connectivity index (χ0v) is 16.7. The van der Waals surface area contributed by atoms with Gasteiger partial charge < -0.3 is 20.8 Å². The average molecular weight is 414 g/mol. The summed E-state index contributed by atoms with van der Waals surface area (Å²) in [6.07, 6.45) is 2.41. The highest BCUT2D eigenvalue weighted by Gasteiger charge is 2.29. The van der Waals surface area contributed by atoms with E-state index in [4.69, 9.17) is 5.11 Å². The second-order valence-corrected chi connectivity index (χ2v) is 8.11. The third kappa shape index (κ3) is 5.51. The number of amides is 2. The van der Waals surface area contributed by atoms with Crippen LogP contribution in [0.3, 0.4) is 0 Å². The molecular formula is C21H22N2O5S. The van der Waals surface area contributed by atoms with Gasteiger partial charge in [0.05, 0.1) is 5.25 Å². The Bertz CT molecular complexity index is 942. The molecule has 2 aromatic rings. The number of nitrogens with one attached hydrogen (secondary N) is 2. The molecule has 29 heavy (non-hydrogen) atoms. The number of carboxylic acids is 1. The molecule has 8 heteroatoms. The predicted molar refractivity (Wildman–Crippen MR) is 111 cm³/mol. The lowest BCUT2D eigenvalue weighted by molar-refractivity contribution is -0.117. The monoisotopic (exact) mass is 414 g/mol. The second-order valence-electron chi connectivity index (χ2n) is 6.83. The zero-order chi connectivity index (χ0) is 21.0. The van der Waals surface area contributed by atoms with Gasteiger partial charge in [0.1, 0.15) is 11.3 Å². The summed E-state index contributed by atoms with van der Waals surface area (Å²) in [5.41, 5.74) is 0.726. The molecule has 1 atom stereocenters. The van der Waals surface area contributed by atoms with E-state index >= 15 is 0 Å². The number of thioether (sulfide) groups is 1. The van der Waals surface area contributed by atoms with Gasteiger partial charge in [-0.2, -0.15) is 0 Å². The third-order valence-corrected chi connectivity index (χ3v) is 5.84. The molecule has 1 saturated carbocycles. The van der Waals surface area contributed by atoms with Crippen LogP contribution >= 0.6 is 11.8 Å². The Hall–Kier alpha value is -3.00. The van der Waals surface area contributed by atoms with E-state index in [9.17, 15) is 19.5 Å². The topological polar surface area (TPSA) is 116 Å². The number of aromatic hydroxyl groups is 1. The van der Waals surface area contributed by atoms with Gasteiger partial charge in [0.15, 0.2) is 0 Å². The van der Waals surface area contributed by atoms with E-state index in [-0.39, 0.29) is 29.0 Å². The second kappa shape index (κ2) is 9.00. The number of hydrogen-bond donors (Lipinski definition) is 4. The molecule has 0 heterocycles. The minimum Gasteiger partial charge on any atom is -0.507 e. The maximum atomic E-state index is 12.7. The molecule has 1 fully saturated rings. The van der Waals surface area contributed by atoms with Crippen LogP contribution in [0.25, 0.3) is 0 Å². The normalized spacial score (nSPS) is 14.1. The smallest absolute Gasteiger partial charge is 0.339 e. The Morgan fingerprint density at radius 2 is 1.83 bits per heavy atom. The van der Waals surface area contributed by atoms with E-state index < -0.39 is 11.2 Å². The molecule has 0 aliphatic heterocycles. The van der Waals surface area contributed by atoms with Crippen molar-refractivity contribution in [1.29, 1.82) is 0 Å². The van der Waals surface area contributed by atoms with Gasteiger partial charge in [-0.25, -0.2) is 4.79 Å². The molecular weight excluding hydrogens is 392 g/mol. The summed E-state index contributed by atoms with van der Waals surface area (Å²) >= 11 is 1.37. The van der Waals surface area contributed by atoms with Crippen LogP contribution in [0.4, 0.5) is 11.4 Å². The van der Waals surface area contributed by atoms with Crippen molar-refractivity contribution in [2.24, 2.45) is 5.92 Å². The zero-order valence-electron chi connectivity index (χ0n) is 15.8. The summed E-state index contributed by atoms with van der Waals surface area (Å²) in [7, 11) is 0. The van der Waals surface area contributed by atoms with Crippen LogP contribution < -0.4 is 10.6 Å². The van der Waals surface area contributed by atoms with Gasteiger partial charge >= 0.3 is 5.97 Å². The van der Waals surface area contributed by atoms with Gasteiger partial charge in [0.25, 0.3) is 0 Å². The minimum atomic E-state index is -1.27. The molecule has 4 N–H and O–H groups in total. The summed E-state index contributed by atoms with van der Waals surface area (Å²) < 4.78 is 0. The predicted octanol–water partition coefficient (Wildman–Crippen LogP) is 3.95. The van der Waals surface area contributed by atoms with Crippen molar-refractivity contribution in [2.45, 2.75) is 36.3 Å². The molecule has 0 radical (unpaired) electrons. The first-order valence-electron chi connectivity index (χ1n) is 9.32. The van der Waals surface area contributed by atoms with Gasteiger partial charge in [-0.3, -0.25) is 9.59 Å². The fourth-order valence-electron chi connectivity index (χ4n) is 2.73. The number of rotatable bonds is 8. The summed E-state index contributed by atoms with van der Waals surface area (Å²) in [6, 6.07) is 11.3. The van der Waals surface area contributed by atoms with Crippen molar-refractivity contribution in [3.63, 3.8) is 0 Å². The van der Waals surface area contributed by atoms with Gasteiger partial charge in [-0.15, -0.1) is 11.8 Å². The van der Waals surface area contributed by atoms with Gasteiger partial charge in [-0.05, 0) is 55.7 Å². The molecule has 0 aromatic heterocycles. The molecule has 0 spiro atoms. The van der Waals surface area contributed by atoms with Crippen LogP contribution in [0.5, 0.6) is 5.75 Å². The van der Waals surface area contributed by atoms with E-state index in [0.717, 1.165) is 17.7 Å². The molecule has 0 bridgehead atoms. The molecule has 0 saturated heterocycles. The lowest BCUT2D eigenvalue weighted by atomic mass is 10.1. The Kier molecular flexibility index (Phi) is 6.43.